The highest BCUT2D eigenvalue weighted by atomic mass is 35.5. The van der Waals surface area contributed by atoms with Gasteiger partial charge in [0.1, 0.15) is 0 Å². The first-order valence-electron chi connectivity index (χ1n) is 8.60. The molecule has 2 aliphatic rings. The summed E-state index contributed by atoms with van der Waals surface area (Å²) < 4.78 is 11.0. The first-order chi connectivity index (χ1) is 12.2. The number of hydrogen-bond donors (Lipinski definition) is 0. The number of likely N-dealkylation sites (tertiary alicyclic amines) is 1. The van der Waals surface area contributed by atoms with E-state index in [2.05, 4.69) is 11.0 Å². The Morgan fingerprint density at radius 2 is 2.08 bits per heavy atom. The molecule has 2 aromatic carbocycles. The van der Waals surface area contributed by atoms with Gasteiger partial charge < -0.3 is 9.47 Å². The fourth-order valence-corrected chi connectivity index (χ4v) is 3.84. The molecule has 0 aromatic heterocycles. The third-order valence-electron chi connectivity index (χ3n) is 4.86. The number of halogens is 1. The zero-order valence-corrected chi connectivity index (χ0v) is 14.7. The summed E-state index contributed by atoms with van der Waals surface area (Å²) in [6.45, 7) is 2.80. The number of piperidine rings is 1. The van der Waals surface area contributed by atoms with Crippen LogP contribution in [0.15, 0.2) is 42.5 Å². The molecule has 2 heterocycles. The second kappa shape index (κ2) is 7.06. The van der Waals surface area contributed by atoms with E-state index in [4.69, 9.17) is 21.1 Å². The van der Waals surface area contributed by atoms with Crippen molar-refractivity contribution in [2.45, 2.75) is 19.4 Å². The minimum atomic E-state index is 0.0149. The molecule has 0 aliphatic carbocycles. The lowest BCUT2D eigenvalue weighted by Crippen LogP contribution is -2.38. The van der Waals surface area contributed by atoms with Crippen LogP contribution in [-0.4, -0.2) is 30.6 Å². The third kappa shape index (κ3) is 3.51. The molecule has 0 spiro atoms. The van der Waals surface area contributed by atoms with Gasteiger partial charge in [-0.05, 0) is 37.6 Å². The second-order valence-electron chi connectivity index (χ2n) is 6.60. The quantitative estimate of drug-likeness (QED) is 0.770. The number of ketones is 1. The fraction of sp³-hybridized carbons (Fsp3) is 0.350. The van der Waals surface area contributed by atoms with Crippen molar-refractivity contribution in [2.24, 2.45) is 5.92 Å². The Labute approximate surface area is 152 Å². The highest BCUT2D eigenvalue weighted by Gasteiger charge is 2.28. The lowest BCUT2D eigenvalue weighted by Gasteiger charge is -2.32. The van der Waals surface area contributed by atoms with Gasteiger partial charge in [-0.1, -0.05) is 35.9 Å². The standard InChI is InChI=1S/C20H20ClNO3/c21-17-7-1-4-14(10-17)19(23)15-6-3-9-22(11-15)12-16-5-2-8-18-20(16)25-13-24-18/h1-2,4-5,7-8,10,15H,3,6,9,11-13H2/t15-/m1/s1. The molecule has 0 bridgehead atoms. The van der Waals surface area contributed by atoms with Crippen LogP contribution in [0.25, 0.3) is 0 Å². The van der Waals surface area contributed by atoms with Crippen molar-refractivity contribution in [3.63, 3.8) is 0 Å². The van der Waals surface area contributed by atoms with Gasteiger partial charge in [-0.15, -0.1) is 0 Å². The Kier molecular flexibility index (Phi) is 4.64. The van der Waals surface area contributed by atoms with Crippen LogP contribution < -0.4 is 9.47 Å². The average Bonchev–Trinajstić information content (AvgIpc) is 3.11. The van der Waals surface area contributed by atoms with E-state index in [-0.39, 0.29) is 18.5 Å². The SMILES string of the molecule is O=C(c1cccc(Cl)c1)[C@@H]1CCCN(Cc2cccc3c2OCO3)C1. The predicted octanol–water partition coefficient (Wildman–Crippen LogP) is 4.16. The van der Waals surface area contributed by atoms with Gasteiger partial charge in [0.05, 0.1) is 0 Å². The topological polar surface area (TPSA) is 38.8 Å². The van der Waals surface area contributed by atoms with Crippen molar-refractivity contribution in [3.8, 4) is 11.5 Å². The number of benzene rings is 2. The Balaban J connectivity index is 1.46. The van der Waals surface area contributed by atoms with Gasteiger partial charge in [-0.3, -0.25) is 9.69 Å². The van der Waals surface area contributed by atoms with Crippen LogP contribution in [0.1, 0.15) is 28.8 Å². The van der Waals surface area contributed by atoms with E-state index < -0.39 is 0 Å². The Morgan fingerprint density at radius 3 is 2.96 bits per heavy atom. The molecule has 0 amide bonds. The van der Waals surface area contributed by atoms with Gasteiger partial charge in [-0.25, -0.2) is 0 Å². The molecule has 2 aromatic rings. The molecule has 0 radical (unpaired) electrons. The fourth-order valence-electron chi connectivity index (χ4n) is 3.65. The zero-order chi connectivity index (χ0) is 17.2. The third-order valence-corrected chi connectivity index (χ3v) is 5.09. The molecule has 25 heavy (non-hydrogen) atoms. The summed E-state index contributed by atoms with van der Waals surface area (Å²) in [6.07, 6.45) is 1.94. The van der Waals surface area contributed by atoms with E-state index in [0.29, 0.717) is 10.6 Å². The molecule has 2 aliphatic heterocycles. The number of carbonyl (C=O) groups excluding carboxylic acids is 1. The lowest BCUT2D eigenvalue weighted by atomic mass is 9.90. The maximum atomic E-state index is 12.8. The Hall–Kier alpha value is -2.04. The molecular weight excluding hydrogens is 338 g/mol. The van der Waals surface area contributed by atoms with Crippen LogP contribution in [0, 0.1) is 5.92 Å². The first kappa shape index (κ1) is 16.4. The van der Waals surface area contributed by atoms with E-state index in [1.165, 1.54) is 0 Å². The minimum absolute atomic E-state index is 0.0149. The Bertz CT molecular complexity index is 792. The van der Waals surface area contributed by atoms with Crippen molar-refractivity contribution < 1.29 is 14.3 Å². The van der Waals surface area contributed by atoms with E-state index in [9.17, 15) is 4.79 Å². The number of Topliss-reactive ketones (excluding diaryl/α,β-unsaturated/α-hetero) is 1. The predicted molar refractivity (Wildman–Crippen MR) is 96.3 cm³/mol. The van der Waals surface area contributed by atoms with Crippen molar-refractivity contribution in [2.75, 3.05) is 19.9 Å². The highest BCUT2D eigenvalue weighted by Crippen LogP contribution is 2.36. The molecule has 1 fully saturated rings. The molecular formula is C20H20ClNO3. The molecule has 0 unspecified atom stereocenters. The largest absolute Gasteiger partial charge is 0.454 e. The summed E-state index contributed by atoms with van der Waals surface area (Å²) in [4.78, 5) is 15.1. The van der Waals surface area contributed by atoms with E-state index in [1.807, 2.05) is 24.3 Å². The van der Waals surface area contributed by atoms with Crippen molar-refractivity contribution >= 4 is 17.4 Å². The van der Waals surface area contributed by atoms with Gasteiger partial charge in [0, 0.05) is 35.2 Å². The monoisotopic (exact) mass is 357 g/mol. The molecule has 4 nitrogen and oxygen atoms in total. The first-order valence-corrected chi connectivity index (χ1v) is 8.98. The van der Waals surface area contributed by atoms with Crippen LogP contribution in [0.3, 0.4) is 0 Å². The second-order valence-corrected chi connectivity index (χ2v) is 7.04. The maximum absolute atomic E-state index is 12.8. The molecule has 1 atom stereocenters. The van der Waals surface area contributed by atoms with E-state index in [1.54, 1.807) is 12.1 Å². The van der Waals surface area contributed by atoms with Crippen LogP contribution in [0.4, 0.5) is 0 Å². The molecule has 4 rings (SSSR count). The van der Waals surface area contributed by atoms with Crippen LogP contribution in [0.2, 0.25) is 5.02 Å². The van der Waals surface area contributed by atoms with Gasteiger partial charge in [0.2, 0.25) is 6.79 Å². The molecule has 0 saturated carbocycles. The molecule has 1 saturated heterocycles. The molecule has 0 N–H and O–H groups in total. The normalized spacial score (nSPS) is 19.8. The van der Waals surface area contributed by atoms with Crippen LogP contribution in [-0.2, 0) is 6.54 Å². The number of hydrogen-bond acceptors (Lipinski definition) is 4. The lowest BCUT2D eigenvalue weighted by molar-refractivity contribution is 0.0810. The maximum Gasteiger partial charge on any atom is 0.231 e. The average molecular weight is 358 g/mol. The van der Waals surface area contributed by atoms with E-state index >= 15 is 0 Å². The number of para-hydroxylation sites is 1. The number of ether oxygens (including phenoxy) is 2. The summed E-state index contributed by atoms with van der Waals surface area (Å²) in [5, 5.41) is 0.607. The van der Waals surface area contributed by atoms with Crippen molar-refractivity contribution in [1.29, 1.82) is 0 Å². The van der Waals surface area contributed by atoms with Gasteiger partial charge in [-0.2, -0.15) is 0 Å². The highest BCUT2D eigenvalue weighted by molar-refractivity contribution is 6.31. The Morgan fingerprint density at radius 1 is 1.20 bits per heavy atom. The summed E-state index contributed by atoms with van der Waals surface area (Å²) in [6, 6.07) is 13.2. The molecule has 5 heteroatoms. The van der Waals surface area contributed by atoms with Crippen LogP contribution >= 0.6 is 11.6 Å². The smallest absolute Gasteiger partial charge is 0.231 e. The summed E-state index contributed by atoms with van der Waals surface area (Å²) in [5.41, 5.74) is 1.82. The van der Waals surface area contributed by atoms with Gasteiger partial charge >= 0.3 is 0 Å². The summed E-state index contributed by atoms with van der Waals surface area (Å²) >= 11 is 6.03. The van der Waals surface area contributed by atoms with Crippen molar-refractivity contribution in [1.82, 2.24) is 4.90 Å². The number of rotatable bonds is 4. The summed E-state index contributed by atoms with van der Waals surface area (Å²) in [5.74, 6) is 1.85. The van der Waals surface area contributed by atoms with Gasteiger partial charge in [0.15, 0.2) is 17.3 Å². The summed E-state index contributed by atoms with van der Waals surface area (Å²) in [7, 11) is 0. The number of fused-ring (bicyclic) bond motifs is 1. The molecule has 130 valence electrons. The van der Waals surface area contributed by atoms with Crippen LogP contribution in [0.5, 0.6) is 11.5 Å². The number of carbonyl (C=O) groups is 1. The van der Waals surface area contributed by atoms with E-state index in [0.717, 1.165) is 49.5 Å². The minimum Gasteiger partial charge on any atom is -0.454 e. The van der Waals surface area contributed by atoms with Gasteiger partial charge in [0.25, 0.3) is 0 Å². The van der Waals surface area contributed by atoms with Crippen molar-refractivity contribution in [3.05, 3.63) is 58.6 Å². The zero-order valence-electron chi connectivity index (χ0n) is 13.9. The number of nitrogens with zero attached hydrogens (tertiary/aromatic N) is 1.